The first-order chi connectivity index (χ1) is 6.68. The van der Waals surface area contributed by atoms with Crippen molar-refractivity contribution in [2.75, 3.05) is 0 Å². The van der Waals surface area contributed by atoms with E-state index in [1.807, 2.05) is 18.4 Å². The maximum Gasteiger partial charge on any atom is 0.195 e. The van der Waals surface area contributed by atoms with E-state index >= 15 is 0 Å². The van der Waals surface area contributed by atoms with Crippen LogP contribution >= 0.6 is 12.2 Å². The van der Waals surface area contributed by atoms with E-state index < -0.39 is 0 Å². The molecule has 2 rings (SSSR count). The molecule has 14 heavy (non-hydrogen) atoms. The van der Waals surface area contributed by atoms with Crippen molar-refractivity contribution in [3.63, 3.8) is 0 Å². The Morgan fingerprint density at radius 3 is 2.86 bits per heavy atom. The molecule has 0 radical (unpaired) electrons. The lowest BCUT2D eigenvalue weighted by atomic mass is 10.2. The molecule has 5 nitrogen and oxygen atoms in total. The average molecular weight is 210 g/mol. The second-order valence-electron chi connectivity index (χ2n) is 3.09. The van der Waals surface area contributed by atoms with Crippen LogP contribution in [0.25, 0.3) is 0 Å². The Kier molecular flexibility index (Phi) is 2.20. The summed E-state index contributed by atoms with van der Waals surface area (Å²) >= 11 is 5.04. The van der Waals surface area contributed by atoms with Crippen molar-refractivity contribution in [2.24, 2.45) is 0 Å². The zero-order valence-electron chi connectivity index (χ0n) is 7.94. The summed E-state index contributed by atoms with van der Waals surface area (Å²) in [6.07, 6.45) is 1.66. The van der Waals surface area contributed by atoms with Crippen molar-refractivity contribution in [2.45, 2.75) is 20.4 Å². The lowest BCUT2D eigenvalue weighted by molar-refractivity contribution is 0.392. The first kappa shape index (κ1) is 9.14. The van der Waals surface area contributed by atoms with Crippen LogP contribution in [0.15, 0.2) is 10.9 Å². The van der Waals surface area contributed by atoms with Crippen LogP contribution in [0.2, 0.25) is 0 Å². The van der Waals surface area contributed by atoms with Crippen molar-refractivity contribution < 1.29 is 4.52 Å². The molecule has 0 aliphatic heterocycles. The van der Waals surface area contributed by atoms with Crippen LogP contribution in [0.3, 0.4) is 0 Å². The van der Waals surface area contributed by atoms with Crippen LogP contribution in [0.5, 0.6) is 0 Å². The van der Waals surface area contributed by atoms with E-state index in [0.29, 0.717) is 11.3 Å². The third kappa shape index (κ3) is 1.48. The molecule has 0 aliphatic carbocycles. The number of hydrogen-bond donors (Lipinski definition) is 1. The summed E-state index contributed by atoms with van der Waals surface area (Å²) in [6.45, 7) is 4.45. The Hall–Kier alpha value is -1.43. The van der Waals surface area contributed by atoms with Gasteiger partial charge in [0.15, 0.2) is 4.77 Å². The molecule has 2 aromatic rings. The molecule has 0 bridgehead atoms. The second-order valence-corrected chi connectivity index (χ2v) is 3.48. The lowest BCUT2D eigenvalue weighted by Gasteiger charge is -1.99. The highest BCUT2D eigenvalue weighted by molar-refractivity contribution is 7.71. The highest BCUT2D eigenvalue weighted by Crippen LogP contribution is 2.13. The van der Waals surface area contributed by atoms with Crippen molar-refractivity contribution in [3.8, 4) is 0 Å². The van der Waals surface area contributed by atoms with Gasteiger partial charge in [-0.1, -0.05) is 5.16 Å². The Balaban J connectivity index is 2.36. The Morgan fingerprint density at radius 2 is 2.36 bits per heavy atom. The third-order valence-corrected chi connectivity index (χ3v) is 2.45. The molecule has 0 saturated carbocycles. The molecule has 0 aromatic carbocycles. The molecule has 0 saturated heterocycles. The minimum Gasteiger partial charge on any atom is -0.361 e. The maximum atomic E-state index is 5.06. The summed E-state index contributed by atoms with van der Waals surface area (Å²) < 4.78 is 7.49. The summed E-state index contributed by atoms with van der Waals surface area (Å²) in [5.74, 6) is 0.825. The molecule has 74 valence electrons. The van der Waals surface area contributed by atoms with E-state index in [2.05, 4.69) is 15.4 Å². The molecule has 0 unspecified atom stereocenters. The summed E-state index contributed by atoms with van der Waals surface area (Å²) in [5, 5.41) is 10.4. The number of nitrogens with zero attached hydrogens (tertiary/aromatic N) is 3. The van der Waals surface area contributed by atoms with Crippen LogP contribution in [0.4, 0.5) is 0 Å². The second kappa shape index (κ2) is 3.38. The van der Waals surface area contributed by atoms with Crippen LogP contribution in [-0.4, -0.2) is 19.9 Å². The zero-order chi connectivity index (χ0) is 10.1. The molecular weight excluding hydrogens is 200 g/mol. The van der Waals surface area contributed by atoms with Gasteiger partial charge in [0.1, 0.15) is 12.1 Å². The number of aromatic amines is 1. The lowest BCUT2D eigenvalue weighted by Crippen LogP contribution is -2.00. The van der Waals surface area contributed by atoms with Gasteiger partial charge in [0.2, 0.25) is 0 Å². The molecule has 0 spiro atoms. The van der Waals surface area contributed by atoms with Crippen LogP contribution in [-0.2, 0) is 6.54 Å². The molecule has 2 heterocycles. The maximum absolute atomic E-state index is 5.06. The fourth-order valence-electron chi connectivity index (χ4n) is 1.28. The number of hydrogen-bond acceptors (Lipinski definition) is 4. The van der Waals surface area contributed by atoms with Crippen LogP contribution in [0.1, 0.15) is 17.0 Å². The molecule has 1 N–H and O–H groups in total. The van der Waals surface area contributed by atoms with Gasteiger partial charge in [-0.25, -0.2) is 0 Å². The van der Waals surface area contributed by atoms with Crippen molar-refractivity contribution in [1.29, 1.82) is 0 Å². The molecular formula is C8H10N4OS. The number of nitrogens with one attached hydrogen (secondary N) is 1. The number of aryl methyl sites for hydroxylation is 2. The van der Waals surface area contributed by atoms with Gasteiger partial charge in [0, 0.05) is 5.56 Å². The van der Waals surface area contributed by atoms with Crippen molar-refractivity contribution in [1.82, 2.24) is 19.9 Å². The summed E-state index contributed by atoms with van der Waals surface area (Å²) in [4.78, 5) is 0. The minimum absolute atomic E-state index is 0.602. The number of rotatable bonds is 2. The van der Waals surface area contributed by atoms with Gasteiger partial charge >= 0.3 is 0 Å². The van der Waals surface area contributed by atoms with Gasteiger partial charge in [-0.3, -0.25) is 5.10 Å². The Labute approximate surface area is 85.7 Å². The van der Waals surface area contributed by atoms with Crippen LogP contribution in [0, 0.1) is 18.6 Å². The standard InChI is InChI=1S/C8H10N4OS/c1-5-7(6(2)13-11-5)3-12-4-9-10-8(12)14/h4H,3H2,1-2H3,(H,10,14). The SMILES string of the molecule is Cc1noc(C)c1Cn1cn[nH]c1=S. The molecule has 0 amide bonds. The highest BCUT2D eigenvalue weighted by atomic mass is 32.1. The smallest absolute Gasteiger partial charge is 0.195 e. The van der Waals surface area contributed by atoms with E-state index in [1.54, 1.807) is 6.33 Å². The normalized spacial score (nSPS) is 10.7. The first-order valence-electron chi connectivity index (χ1n) is 4.20. The summed E-state index contributed by atoms with van der Waals surface area (Å²) in [6, 6.07) is 0. The van der Waals surface area contributed by atoms with Crippen molar-refractivity contribution >= 4 is 12.2 Å². The van der Waals surface area contributed by atoms with Gasteiger partial charge in [-0.15, -0.1) is 0 Å². The highest BCUT2D eigenvalue weighted by Gasteiger charge is 2.09. The largest absolute Gasteiger partial charge is 0.361 e. The molecule has 0 atom stereocenters. The van der Waals surface area contributed by atoms with Gasteiger partial charge in [0.05, 0.1) is 12.2 Å². The Bertz CT molecular complexity index is 476. The van der Waals surface area contributed by atoms with Gasteiger partial charge in [-0.05, 0) is 26.1 Å². The topological polar surface area (TPSA) is 59.6 Å². The van der Waals surface area contributed by atoms with Crippen molar-refractivity contribution in [3.05, 3.63) is 28.1 Å². The van der Waals surface area contributed by atoms with Gasteiger partial charge in [0.25, 0.3) is 0 Å². The zero-order valence-corrected chi connectivity index (χ0v) is 8.76. The average Bonchev–Trinajstić information content (AvgIpc) is 2.67. The number of H-pyrrole nitrogens is 1. The predicted molar refractivity (Wildman–Crippen MR) is 52.5 cm³/mol. The molecule has 6 heteroatoms. The summed E-state index contributed by atoms with van der Waals surface area (Å²) in [5.41, 5.74) is 1.95. The molecule has 0 aliphatic rings. The van der Waals surface area contributed by atoms with Crippen LogP contribution < -0.4 is 0 Å². The van der Waals surface area contributed by atoms with Gasteiger partial charge in [-0.2, -0.15) is 5.10 Å². The summed E-state index contributed by atoms with van der Waals surface area (Å²) in [7, 11) is 0. The molecule has 0 fully saturated rings. The first-order valence-corrected chi connectivity index (χ1v) is 4.61. The predicted octanol–water partition coefficient (Wildman–Crippen LogP) is 1.59. The quantitative estimate of drug-likeness (QED) is 0.765. The Morgan fingerprint density at radius 1 is 1.57 bits per heavy atom. The third-order valence-electron chi connectivity index (χ3n) is 2.13. The van der Waals surface area contributed by atoms with E-state index in [4.69, 9.17) is 16.7 Å². The minimum atomic E-state index is 0.602. The molecule has 2 aromatic heterocycles. The fourth-order valence-corrected chi connectivity index (χ4v) is 1.45. The van der Waals surface area contributed by atoms with Gasteiger partial charge < -0.3 is 9.09 Å². The monoisotopic (exact) mass is 210 g/mol. The van der Waals surface area contributed by atoms with E-state index in [9.17, 15) is 0 Å². The van der Waals surface area contributed by atoms with E-state index in [0.717, 1.165) is 17.0 Å². The van der Waals surface area contributed by atoms with E-state index in [-0.39, 0.29) is 0 Å². The number of aromatic nitrogens is 4. The van der Waals surface area contributed by atoms with E-state index in [1.165, 1.54) is 0 Å². The fraction of sp³-hybridized carbons (Fsp3) is 0.375.